The van der Waals surface area contributed by atoms with E-state index in [0.717, 1.165) is 15.4 Å². The number of fused-ring (bicyclic) bond motifs is 1. The van der Waals surface area contributed by atoms with Crippen LogP contribution in [0.2, 0.25) is 5.02 Å². The standard InChI is InChI=1S/C27H17BrClN3O4/c28-18-13-19-23(16-7-2-1-3-8-16)25(31-24(19)20(29)14-18)26(33)32-30-15-17-9-4-5-10-21(17)36-27(34)22-11-6-12-35-22/h1-15,31H,(H,32,33). The Labute approximate surface area is 218 Å². The van der Waals surface area contributed by atoms with Crippen LogP contribution in [0.15, 0.2) is 99.1 Å². The van der Waals surface area contributed by atoms with Crippen molar-refractivity contribution in [3.63, 3.8) is 0 Å². The van der Waals surface area contributed by atoms with Crippen molar-refractivity contribution in [3.05, 3.63) is 112 Å². The molecule has 0 radical (unpaired) electrons. The van der Waals surface area contributed by atoms with Crippen LogP contribution >= 0.6 is 27.5 Å². The number of benzene rings is 3. The number of hydrogen-bond donors (Lipinski definition) is 2. The quantitative estimate of drug-likeness (QED) is 0.103. The zero-order valence-electron chi connectivity index (χ0n) is 18.5. The maximum atomic E-state index is 13.2. The molecule has 7 nitrogen and oxygen atoms in total. The minimum atomic E-state index is -0.640. The highest BCUT2D eigenvalue weighted by Gasteiger charge is 2.21. The van der Waals surface area contributed by atoms with Gasteiger partial charge in [0.05, 0.1) is 23.0 Å². The number of hydrazone groups is 1. The Morgan fingerprint density at radius 3 is 2.58 bits per heavy atom. The van der Waals surface area contributed by atoms with Crippen LogP contribution in [-0.4, -0.2) is 23.1 Å². The number of nitrogens with zero attached hydrogens (tertiary/aromatic N) is 1. The lowest BCUT2D eigenvalue weighted by Gasteiger charge is -2.06. The first kappa shape index (κ1) is 23.6. The largest absolute Gasteiger partial charge is 0.457 e. The van der Waals surface area contributed by atoms with Gasteiger partial charge in [0, 0.05) is 21.0 Å². The van der Waals surface area contributed by atoms with Gasteiger partial charge in [-0.05, 0) is 42.0 Å². The zero-order chi connectivity index (χ0) is 25.1. The molecular formula is C27H17BrClN3O4. The molecule has 2 aromatic heterocycles. The van der Waals surface area contributed by atoms with E-state index in [1.807, 2.05) is 36.4 Å². The third-order valence-corrected chi connectivity index (χ3v) is 6.08. The highest BCUT2D eigenvalue weighted by atomic mass is 79.9. The lowest BCUT2D eigenvalue weighted by Crippen LogP contribution is -2.19. The van der Waals surface area contributed by atoms with E-state index >= 15 is 0 Å². The van der Waals surface area contributed by atoms with Gasteiger partial charge >= 0.3 is 5.97 Å². The number of halogens is 2. The highest BCUT2D eigenvalue weighted by molar-refractivity contribution is 9.10. The van der Waals surface area contributed by atoms with E-state index in [1.165, 1.54) is 18.5 Å². The number of carbonyl (C=O) groups excluding carboxylic acids is 2. The summed E-state index contributed by atoms with van der Waals surface area (Å²) in [5, 5.41) is 5.37. The number of H-pyrrole nitrogens is 1. The van der Waals surface area contributed by atoms with Crippen LogP contribution in [0.5, 0.6) is 5.75 Å². The minimum Gasteiger partial charge on any atom is -0.457 e. The second-order valence-corrected chi connectivity index (χ2v) is 8.98. The molecular weight excluding hydrogens is 546 g/mol. The molecule has 0 atom stereocenters. The normalized spacial score (nSPS) is 11.2. The highest BCUT2D eigenvalue weighted by Crippen LogP contribution is 2.37. The molecule has 0 aliphatic carbocycles. The molecule has 0 saturated heterocycles. The average Bonchev–Trinajstić information content (AvgIpc) is 3.54. The average molecular weight is 563 g/mol. The lowest BCUT2D eigenvalue weighted by molar-refractivity contribution is 0.0701. The van der Waals surface area contributed by atoms with Crippen LogP contribution in [-0.2, 0) is 0 Å². The van der Waals surface area contributed by atoms with Crippen molar-refractivity contribution in [2.45, 2.75) is 0 Å². The van der Waals surface area contributed by atoms with E-state index in [-0.39, 0.29) is 11.5 Å². The number of hydrogen-bond acceptors (Lipinski definition) is 5. The first-order valence-corrected chi connectivity index (χ1v) is 11.9. The lowest BCUT2D eigenvalue weighted by atomic mass is 10.0. The first-order valence-electron chi connectivity index (χ1n) is 10.8. The topological polar surface area (TPSA) is 96.7 Å². The summed E-state index contributed by atoms with van der Waals surface area (Å²) < 4.78 is 11.3. The molecule has 2 N–H and O–H groups in total. The van der Waals surface area contributed by atoms with Crippen molar-refractivity contribution in [2.24, 2.45) is 5.10 Å². The van der Waals surface area contributed by atoms with Gasteiger partial charge in [0.15, 0.2) is 0 Å². The zero-order valence-corrected chi connectivity index (χ0v) is 20.8. The van der Waals surface area contributed by atoms with Gasteiger partial charge in [-0.1, -0.05) is 70.0 Å². The molecule has 0 saturated carbocycles. The van der Waals surface area contributed by atoms with Gasteiger partial charge in [0.25, 0.3) is 5.91 Å². The predicted molar refractivity (Wildman–Crippen MR) is 142 cm³/mol. The van der Waals surface area contributed by atoms with E-state index < -0.39 is 11.9 Å². The predicted octanol–water partition coefficient (Wildman–Crippen LogP) is 6.83. The Balaban J connectivity index is 1.43. The van der Waals surface area contributed by atoms with Crippen LogP contribution in [0, 0.1) is 0 Å². The fourth-order valence-electron chi connectivity index (χ4n) is 3.74. The Bertz CT molecular complexity index is 1590. The molecule has 178 valence electrons. The summed E-state index contributed by atoms with van der Waals surface area (Å²) in [6.07, 6.45) is 2.79. The molecule has 9 heteroatoms. The van der Waals surface area contributed by atoms with Crippen molar-refractivity contribution < 1.29 is 18.7 Å². The number of aromatic nitrogens is 1. The summed E-state index contributed by atoms with van der Waals surface area (Å²) in [4.78, 5) is 28.6. The van der Waals surface area contributed by atoms with E-state index in [2.05, 4.69) is 31.4 Å². The van der Waals surface area contributed by atoms with E-state index in [1.54, 1.807) is 36.4 Å². The number of furan rings is 1. The summed E-state index contributed by atoms with van der Waals surface area (Å²) >= 11 is 9.93. The fraction of sp³-hybridized carbons (Fsp3) is 0. The third-order valence-electron chi connectivity index (χ3n) is 5.33. The monoisotopic (exact) mass is 561 g/mol. The number of nitrogens with one attached hydrogen (secondary N) is 2. The third kappa shape index (κ3) is 4.82. The van der Waals surface area contributed by atoms with Crippen molar-refractivity contribution in [2.75, 3.05) is 0 Å². The van der Waals surface area contributed by atoms with Gasteiger partial charge in [0.2, 0.25) is 5.76 Å². The number of esters is 1. The molecule has 0 spiro atoms. The molecule has 0 aliphatic heterocycles. The van der Waals surface area contributed by atoms with Gasteiger partial charge in [-0.3, -0.25) is 4.79 Å². The van der Waals surface area contributed by atoms with Gasteiger partial charge < -0.3 is 14.1 Å². The number of para-hydroxylation sites is 1. The Morgan fingerprint density at radius 1 is 1.03 bits per heavy atom. The molecule has 5 rings (SSSR count). The fourth-order valence-corrected chi connectivity index (χ4v) is 4.59. The number of amides is 1. The summed E-state index contributed by atoms with van der Waals surface area (Å²) in [6.45, 7) is 0. The second-order valence-electron chi connectivity index (χ2n) is 7.65. The Hall–Kier alpha value is -4.14. The van der Waals surface area contributed by atoms with Crippen molar-refractivity contribution in [1.82, 2.24) is 10.4 Å². The summed E-state index contributed by atoms with van der Waals surface area (Å²) in [6, 6.07) is 23.1. The molecule has 2 heterocycles. The van der Waals surface area contributed by atoms with Crippen molar-refractivity contribution in [3.8, 4) is 16.9 Å². The second kappa shape index (κ2) is 10.2. The molecule has 0 unspecified atom stereocenters. The molecule has 5 aromatic rings. The minimum absolute atomic E-state index is 0.0765. The SMILES string of the molecule is O=C(Oc1ccccc1C=NNC(=O)c1[nH]c2c(Cl)cc(Br)cc2c1-c1ccccc1)c1ccco1. The summed E-state index contributed by atoms with van der Waals surface area (Å²) in [5.74, 6) is -0.756. The summed E-state index contributed by atoms with van der Waals surface area (Å²) in [7, 11) is 0. The van der Waals surface area contributed by atoms with Gasteiger partial charge in [0.1, 0.15) is 11.4 Å². The van der Waals surface area contributed by atoms with Gasteiger partial charge in [-0.2, -0.15) is 5.10 Å². The maximum absolute atomic E-state index is 13.2. The van der Waals surface area contributed by atoms with Crippen molar-refractivity contribution >= 4 is 56.5 Å². The molecule has 36 heavy (non-hydrogen) atoms. The molecule has 0 bridgehead atoms. The van der Waals surface area contributed by atoms with Crippen LogP contribution in [0.4, 0.5) is 0 Å². The molecule has 3 aromatic carbocycles. The van der Waals surface area contributed by atoms with E-state index in [0.29, 0.717) is 27.4 Å². The van der Waals surface area contributed by atoms with Crippen LogP contribution in [0.25, 0.3) is 22.0 Å². The Morgan fingerprint density at radius 2 is 1.81 bits per heavy atom. The van der Waals surface area contributed by atoms with E-state index in [4.69, 9.17) is 20.8 Å². The molecule has 1 amide bonds. The first-order chi connectivity index (χ1) is 17.5. The Kier molecular flexibility index (Phi) is 6.71. The maximum Gasteiger partial charge on any atom is 0.379 e. The van der Waals surface area contributed by atoms with Crippen molar-refractivity contribution in [1.29, 1.82) is 0 Å². The summed E-state index contributed by atoms with van der Waals surface area (Å²) in [5.41, 5.74) is 5.54. The van der Waals surface area contributed by atoms with Crippen LogP contribution in [0.1, 0.15) is 26.6 Å². The smallest absolute Gasteiger partial charge is 0.379 e. The van der Waals surface area contributed by atoms with Gasteiger partial charge in [-0.15, -0.1) is 0 Å². The number of ether oxygens (including phenoxy) is 1. The molecule has 0 aliphatic rings. The van der Waals surface area contributed by atoms with E-state index in [9.17, 15) is 9.59 Å². The van der Waals surface area contributed by atoms with Crippen LogP contribution in [0.3, 0.4) is 0 Å². The molecule has 0 fully saturated rings. The number of aromatic amines is 1. The number of rotatable bonds is 6. The van der Waals surface area contributed by atoms with Gasteiger partial charge in [-0.25, -0.2) is 10.2 Å². The van der Waals surface area contributed by atoms with Crippen LogP contribution < -0.4 is 10.2 Å². The number of carbonyl (C=O) groups is 2.